The molecule has 0 saturated heterocycles. The van der Waals surface area contributed by atoms with Gasteiger partial charge in [0.1, 0.15) is 0 Å². The molecule has 1 unspecified atom stereocenters. The molecule has 0 bridgehead atoms. The molecular weight excluding hydrogens is 212 g/mol. The van der Waals surface area contributed by atoms with Crippen LogP contribution in [-0.2, 0) is 4.79 Å². The molecule has 0 radical (unpaired) electrons. The largest absolute Gasteiger partial charge is 0.345 e. The van der Waals surface area contributed by atoms with Crippen LogP contribution in [0.15, 0.2) is 0 Å². The predicted molar refractivity (Wildman–Crippen MR) is 71.9 cm³/mol. The zero-order valence-electron chi connectivity index (χ0n) is 11.8. The summed E-state index contributed by atoms with van der Waals surface area (Å²) in [5.41, 5.74) is 0. The minimum absolute atomic E-state index is 0.0423. The third-order valence-corrected chi connectivity index (χ3v) is 4.07. The number of hydrogen-bond donors (Lipinski definition) is 1. The monoisotopic (exact) mass is 240 g/mol. The van der Waals surface area contributed by atoms with Crippen molar-refractivity contribution in [2.24, 2.45) is 11.8 Å². The molecule has 0 aromatic heterocycles. The van der Waals surface area contributed by atoms with E-state index in [0.29, 0.717) is 0 Å². The van der Waals surface area contributed by atoms with Gasteiger partial charge in [-0.3, -0.25) is 4.79 Å². The molecule has 17 heavy (non-hydrogen) atoms. The smallest absolute Gasteiger partial charge is 0.239 e. The summed E-state index contributed by atoms with van der Waals surface area (Å²) in [6, 6.07) is -0.0423. The fraction of sp³-hybridized carbons (Fsp3) is 0.929. The van der Waals surface area contributed by atoms with Crippen LogP contribution in [0, 0.1) is 11.8 Å². The Labute approximate surface area is 106 Å². The van der Waals surface area contributed by atoms with E-state index in [1.165, 1.54) is 25.7 Å². The SMILES string of the molecule is CCN(C)C(=O)C(C)NCC1CCC(C)CC1. The fourth-order valence-electron chi connectivity index (χ4n) is 2.45. The van der Waals surface area contributed by atoms with Gasteiger partial charge in [-0.1, -0.05) is 19.8 Å². The molecule has 1 saturated carbocycles. The average Bonchev–Trinajstić information content (AvgIpc) is 2.35. The summed E-state index contributed by atoms with van der Waals surface area (Å²) in [4.78, 5) is 13.6. The molecule has 3 heteroatoms. The van der Waals surface area contributed by atoms with Gasteiger partial charge in [-0.2, -0.15) is 0 Å². The maximum Gasteiger partial charge on any atom is 0.239 e. The second-order valence-corrected chi connectivity index (χ2v) is 5.61. The minimum atomic E-state index is -0.0423. The molecule has 1 aliphatic carbocycles. The molecule has 0 aromatic rings. The van der Waals surface area contributed by atoms with Crippen LogP contribution in [0.2, 0.25) is 0 Å². The molecule has 3 nitrogen and oxygen atoms in total. The van der Waals surface area contributed by atoms with Crippen molar-refractivity contribution in [1.29, 1.82) is 0 Å². The summed E-state index contributed by atoms with van der Waals surface area (Å²) >= 11 is 0. The Balaban J connectivity index is 2.23. The standard InChI is InChI=1S/C14H28N2O/c1-5-16(4)14(17)12(3)15-10-13-8-6-11(2)7-9-13/h11-13,15H,5-10H2,1-4H3. The Morgan fingerprint density at radius 2 is 1.94 bits per heavy atom. The lowest BCUT2D eigenvalue weighted by Gasteiger charge is -2.28. The number of likely N-dealkylation sites (N-methyl/N-ethyl adjacent to an activating group) is 1. The molecular formula is C14H28N2O. The highest BCUT2D eigenvalue weighted by molar-refractivity contribution is 5.81. The predicted octanol–water partition coefficient (Wildman–Crippen LogP) is 2.27. The van der Waals surface area contributed by atoms with Crippen LogP contribution in [0.5, 0.6) is 0 Å². The zero-order valence-corrected chi connectivity index (χ0v) is 11.8. The second-order valence-electron chi connectivity index (χ2n) is 5.61. The number of amides is 1. The van der Waals surface area contributed by atoms with Crippen LogP contribution < -0.4 is 5.32 Å². The summed E-state index contributed by atoms with van der Waals surface area (Å²) < 4.78 is 0. The Hall–Kier alpha value is -0.570. The third kappa shape index (κ3) is 4.66. The first kappa shape index (κ1) is 14.5. The fourth-order valence-corrected chi connectivity index (χ4v) is 2.45. The van der Waals surface area contributed by atoms with E-state index >= 15 is 0 Å². The van der Waals surface area contributed by atoms with Crippen LogP contribution in [0.25, 0.3) is 0 Å². The summed E-state index contributed by atoms with van der Waals surface area (Å²) in [6.45, 7) is 8.10. The van der Waals surface area contributed by atoms with Gasteiger partial charge in [0.2, 0.25) is 5.91 Å². The van der Waals surface area contributed by atoms with Crippen LogP contribution in [0.4, 0.5) is 0 Å². The minimum Gasteiger partial charge on any atom is -0.345 e. The van der Waals surface area contributed by atoms with Crippen molar-refractivity contribution in [3.63, 3.8) is 0 Å². The Bertz CT molecular complexity index is 234. The van der Waals surface area contributed by atoms with E-state index in [4.69, 9.17) is 0 Å². The Morgan fingerprint density at radius 1 is 1.35 bits per heavy atom. The number of carbonyl (C=O) groups is 1. The third-order valence-electron chi connectivity index (χ3n) is 4.07. The van der Waals surface area contributed by atoms with Crippen molar-refractivity contribution in [3.05, 3.63) is 0 Å². The van der Waals surface area contributed by atoms with E-state index in [-0.39, 0.29) is 11.9 Å². The van der Waals surface area contributed by atoms with E-state index in [2.05, 4.69) is 12.2 Å². The highest BCUT2D eigenvalue weighted by Gasteiger charge is 2.21. The van der Waals surface area contributed by atoms with Crippen molar-refractivity contribution >= 4 is 5.91 Å². The van der Waals surface area contributed by atoms with Gasteiger partial charge in [-0.15, -0.1) is 0 Å². The molecule has 0 aromatic carbocycles. The Kier molecular flexibility index (Phi) is 5.96. The molecule has 1 aliphatic rings. The van der Waals surface area contributed by atoms with Gasteiger partial charge in [-0.25, -0.2) is 0 Å². The van der Waals surface area contributed by atoms with Gasteiger partial charge in [0.25, 0.3) is 0 Å². The number of rotatable bonds is 5. The number of carbonyl (C=O) groups excluding carboxylic acids is 1. The van der Waals surface area contributed by atoms with Gasteiger partial charge >= 0.3 is 0 Å². The molecule has 1 amide bonds. The van der Waals surface area contributed by atoms with Gasteiger partial charge < -0.3 is 10.2 Å². The molecule has 1 rings (SSSR count). The molecule has 1 atom stereocenters. The van der Waals surface area contributed by atoms with Crippen molar-refractivity contribution in [2.75, 3.05) is 20.1 Å². The molecule has 0 aliphatic heterocycles. The van der Waals surface area contributed by atoms with Gasteiger partial charge in [0, 0.05) is 13.6 Å². The summed E-state index contributed by atoms with van der Waals surface area (Å²) in [7, 11) is 1.86. The lowest BCUT2D eigenvalue weighted by atomic mass is 9.83. The topological polar surface area (TPSA) is 32.3 Å². The van der Waals surface area contributed by atoms with Crippen LogP contribution in [0.3, 0.4) is 0 Å². The normalized spacial score (nSPS) is 26.6. The number of nitrogens with zero attached hydrogens (tertiary/aromatic N) is 1. The summed E-state index contributed by atoms with van der Waals surface area (Å²) in [6.07, 6.45) is 5.34. The summed E-state index contributed by atoms with van der Waals surface area (Å²) in [5.74, 6) is 1.88. The lowest BCUT2D eigenvalue weighted by molar-refractivity contribution is -0.131. The van der Waals surface area contributed by atoms with Crippen LogP contribution in [0.1, 0.15) is 46.5 Å². The van der Waals surface area contributed by atoms with Gasteiger partial charge in [-0.05, 0) is 45.1 Å². The first-order chi connectivity index (χ1) is 8.04. The van der Waals surface area contributed by atoms with Gasteiger partial charge in [0.15, 0.2) is 0 Å². The van der Waals surface area contributed by atoms with Crippen LogP contribution in [-0.4, -0.2) is 37.0 Å². The van der Waals surface area contributed by atoms with E-state index in [0.717, 1.165) is 24.9 Å². The van der Waals surface area contributed by atoms with Crippen LogP contribution >= 0.6 is 0 Å². The van der Waals surface area contributed by atoms with Crippen molar-refractivity contribution in [3.8, 4) is 0 Å². The van der Waals surface area contributed by atoms with E-state index in [1.807, 2.05) is 20.9 Å². The van der Waals surface area contributed by atoms with Crippen molar-refractivity contribution in [2.45, 2.75) is 52.5 Å². The van der Waals surface area contributed by atoms with Crippen molar-refractivity contribution in [1.82, 2.24) is 10.2 Å². The summed E-state index contributed by atoms with van der Waals surface area (Å²) in [5, 5.41) is 3.39. The lowest BCUT2D eigenvalue weighted by Crippen LogP contribution is -2.44. The second kappa shape index (κ2) is 7.00. The van der Waals surface area contributed by atoms with E-state index in [1.54, 1.807) is 4.90 Å². The molecule has 1 N–H and O–H groups in total. The highest BCUT2D eigenvalue weighted by atomic mass is 16.2. The van der Waals surface area contributed by atoms with E-state index < -0.39 is 0 Å². The number of hydrogen-bond acceptors (Lipinski definition) is 2. The number of nitrogens with one attached hydrogen (secondary N) is 1. The molecule has 1 fully saturated rings. The van der Waals surface area contributed by atoms with E-state index in [9.17, 15) is 4.79 Å². The van der Waals surface area contributed by atoms with Crippen molar-refractivity contribution < 1.29 is 4.79 Å². The maximum atomic E-state index is 11.9. The first-order valence-corrected chi connectivity index (χ1v) is 7.03. The molecule has 0 spiro atoms. The molecule has 0 heterocycles. The first-order valence-electron chi connectivity index (χ1n) is 7.03. The average molecular weight is 240 g/mol. The Morgan fingerprint density at radius 3 is 2.47 bits per heavy atom. The van der Waals surface area contributed by atoms with Gasteiger partial charge in [0.05, 0.1) is 6.04 Å². The quantitative estimate of drug-likeness (QED) is 0.799. The molecule has 100 valence electrons. The maximum absolute atomic E-state index is 11.9. The zero-order chi connectivity index (χ0) is 12.8. The highest BCUT2D eigenvalue weighted by Crippen LogP contribution is 2.27.